The van der Waals surface area contributed by atoms with E-state index in [1.165, 1.54) is 0 Å². The minimum atomic E-state index is -6.09. The molecule has 0 amide bonds. The fourth-order valence-electron chi connectivity index (χ4n) is 3.72. The first-order valence-electron chi connectivity index (χ1n) is 15.3. The van der Waals surface area contributed by atoms with E-state index >= 15 is 0 Å². The second kappa shape index (κ2) is 24.6. The first-order valence-corrected chi connectivity index (χ1v) is 20.1. The van der Waals surface area contributed by atoms with Crippen molar-refractivity contribution in [1.82, 2.24) is 19.8 Å². The van der Waals surface area contributed by atoms with E-state index in [9.17, 15) is 29.4 Å². The third kappa shape index (κ3) is 23.6. The number of hydrogen-bond donors (Lipinski definition) is 1. The van der Waals surface area contributed by atoms with Gasteiger partial charge in [0.05, 0.1) is 22.8 Å². The summed E-state index contributed by atoms with van der Waals surface area (Å²) < 4.78 is 129. The summed E-state index contributed by atoms with van der Waals surface area (Å²) in [7, 11) is -12.2. The van der Waals surface area contributed by atoms with E-state index in [1.54, 1.807) is 6.92 Å². The molecule has 0 saturated carbocycles. The summed E-state index contributed by atoms with van der Waals surface area (Å²) in [6.45, 7) is 18.8. The molecule has 1 aliphatic heterocycles. The Morgan fingerprint density at radius 2 is 0.873 bits per heavy atom. The first kappa shape index (κ1) is 57.1. The Labute approximate surface area is 338 Å². The molecule has 2 N–H and O–H groups in total. The molecule has 4 bridgehead atoms. The fraction of sp³-hybridized carbons (Fsp3) is 0.500. The SMILES string of the molecule is CC(C)(C)N1Cc2cccc(n2)CN(C(C)(C)C)Cc2cccc(n2)C1.CCO.O=Ic1ccccc1.O=S(=O)([O-])C(F)(F)F.O=S(=O)([O-])C(F)(F)F.[Mn+3].[OH-]. The normalized spacial score (nSPS) is 14.0. The standard InChI is InChI=1S/C22H32N4.C6H5IO.C2H6O.2CHF3O3S.Mn.H2O/c1-21(2,3)25-13-17-9-7-11-19(23-17)15-26(22(4,5)6)16-20-12-8-10-18(14-25)24-20;8-7-6-4-2-1-3-5-6;1-2-3;2*2-1(3,4)8(5,6)7;;/h7-12H,13-16H2,1-6H3;1-5H;3H,2H2,1H3;2*(H,5,6,7);;1H2/q;;;;;+3;/p-3. The van der Waals surface area contributed by atoms with Crippen LogP contribution in [-0.4, -0.2) is 85.0 Å². The summed E-state index contributed by atoms with van der Waals surface area (Å²) in [5.74, 6) is 0. The van der Waals surface area contributed by atoms with Crippen LogP contribution in [0.1, 0.15) is 71.2 Å². The molecular weight excluding hydrogens is 944 g/mol. The number of fused-ring (bicyclic) bond motifs is 4. The molecule has 3 aromatic rings. The summed E-state index contributed by atoms with van der Waals surface area (Å²) in [6.07, 6.45) is 0. The first-order chi connectivity index (χ1) is 24.0. The van der Waals surface area contributed by atoms with Crippen LogP contribution in [0.25, 0.3) is 0 Å². The van der Waals surface area contributed by atoms with Crippen molar-refractivity contribution in [2.24, 2.45) is 0 Å². The van der Waals surface area contributed by atoms with Crippen molar-refractivity contribution in [3.8, 4) is 0 Å². The van der Waals surface area contributed by atoms with Crippen molar-refractivity contribution >= 4 is 41.4 Å². The monoisotopic (exact) mass is 988 g/mol. The molecule has 55 heavy (non-hydrogen) atoms. The van der Waals surface area contributed by atoms with Gasteiger partial charge >= 0.3 is 28.1 Å². The zero-order valence-corrected chi connectivity index (χ0v) is 35.7. The number of pyridine rings is 2. The van der Waals surface area contributed by atoms with E-state index in [0.717, 1.165) is 52.5 Å². The predicted molar refractivity (Wildman–Crippen MR) is 193 cm³/mol. The van der Waals surface area contributed by atoms with Gasteiger partial charge in [-0.05, 0) is 84.9 Å². The Kier molecular flexibility index (Phi) is 25.5. The number of halogens is 7. The molecule has 4 rings (SSSR count). The number of nitrogens with zero attached hydrogens (tertiary/aromatic N) is 4. The van der Waals surface area contributed by atoms with Gasteiger partial charge in [-0.2, -0.15) is 26.3 Å². The van der Waals surface area contributed by atoms with Gasteiger partial charge in [0, 0.05) is 47.4 Å². The Hall–Kier alpha value is -2.19. The van der Waals surface area contributed by atoms with Gasteiger partial charge in [0.25, 0.3) is 0 Å². The summed E-state index contributed by atoms with van der Waals surface area (Å²) in [5.41, 5.74) is -6.68. The molecule has 314 valence electrons. The molecule has 1 aromatic carbocycles. The average Bonchev–Trinajstić information content (AvgIpc) is 2.99. The molecule has 1 aliphatic rings. The molecule has 2 aromatic heterocycles. The van der Waals surface area contributed by atoms with Crippen LogP contribution in [-0.2, 0) is 66.6 Å². The molecule has 0 aliphatic carbocycles. The van der Waals surface area contributed by atoms with Crippen molar-refractivity contribution < 1.29 is 83.0 Å². The van der Waals surface area contributed by atoms with Crippen molar-refractivity contribution in [1.29, 1.82) is 0 Å². The van der Waals surface area contributed by atoms with E-state index in [4.69, 9.17) is 41.0 Å². The summed E-state index contributed by atoms with van der Waals surface area (Å²) in [4.78, 5) is 14.8. The van der Waals surface area contributed by atoms with Gasteiger partial charge in [0.15, 0.2) is 41.4 Å². The van der Waals surface area contributed by atoms with Crippen LogP contribution in [0.3, 0.4) is 0 Å². The maximum Gasteiger partial charge on any atom is 3.00 e. The number of aliphatic hydroxyl groups is 1. The van der Waals surface area contributed by atoms with E-state index < -0.39 is 52.4 Å². The number of aliphatic hydroxyl groups excluding tert-OH is 1. The minimum absolute atomic E-state index is 0. The van der Waals surface area contributed by atoms with E-state index in [2.05, 4.69) is 87.7 Å². The van der Waals surface area contributed by atoms with E-state index in [-0.39, 0.29) is 40.2 Å². The number of alkyl halides is 6. The third-order valence-electron chi connectivity index (χ3n) is 6.43. The van der Waals surface area contributed by atoms with Crippen LogP contribution in [0, 0.1) is 3.57 Å². The predicted octanol–water partition coefficient (Wildman–Crippen LogP) is 6.49. The van der Waals surface area contributed by atoms with E-state index in [1.807, 2.05) is 30.3 Å². The number of hydrogen-bond acceptors (Lipinski definition) is 13. The average molecular weight is 989 g/mol. The van der Waals surface area contributed by atoms with Gasteiger partial charge in [-0.25, -0.2) is 16.8 Å². The Morgan fingerprint density at radius 1 is 0.636 bits per heavy atom. The fourth-order valence-corrected chi connectivity index (χ4v) is 4.43. The zero-order chi connectivity index (χ0) is 41.5. The van der Waals surface area contributed by atoms with Gasteiger partial charge in [0.2, 0.25) is 0 Å². The van der Waals surface area contributed by atoms with Crippen molar-refractivity contribution in [3.05, 3.63) is 93.1 Å². The minimum Gasteiger partial charge on any atom is -0.870 e. The van der Waals surface area contributed by atoms with Crippen LogP contribution in [0.5, 0.6) is 0 Å². The summed E-state index contributed by atoms with van der Waals surface area (Å²) in [5, 5.41) is 7.57. The second-order valence-corrected chi connectivity index (χ2v) is 17.2. The molecule has 0 fully saturated rings. The zero-order valence-electron chi connectivity index (χ0n) is 30.8. The Bertz CT molecular complexity index is 1630. The molecule has 0 spiro atoms. The number of aromatic nitrogens is 2. The summed E-state index contributed by atoms with van der Waals surface area (Å²) >= 11 is -0.941. The topological polar surface area (TPSA) is 214 Å². The Morgan fingerprint density at radius 3 is 1.04 bits per heavy atom. The van der Waals surface area contributed by atoms with Gasteiger partial charge in [-0.3, -0.25) is 22.8 Å². The van der Waals surface area contributed by atoms with Crippen molar-refractivity contribution in [2.45, 2.75) is 96.7 Å². The maximum atomic E-state index is 10.7. The van der Waals surface area contributed by atoms with Crippen LogP contribution in [0.2, 0.25) is 0 Å². The summed E-state index contributed by atoms with van der Waals surface area (Å²) in [6, 6.07) is 22.3. The number of rotatable bonds is 1. The molecule has 23 heteroatoms. The van der Waals surface area contributed by atoms with Crippen LogP contribution in [0.15, 0.2) is 66.7 Å². The largest absolute Gasteiger partial charge is 3.00 e. The smallest absolute Gasteiger partial charge is 0.870 e. The number of benzene rings is 1. The second-order valence-electron chi connectivity index (χ2n) is 12.8. The molecular formula is C32H44F6IMnN4O9S2. The van der Waals surface area contributed by atoms with Crippen LogP contribution < -0.4 is 0 Å². The van der Waals surface area contributed by atoms with Crippen molar-refractivity contribution in [3.63, 3.8) is 0 Å². The van der Waals surface area contributed by atoms with Crippen molar-refractivity contribution in [2.75, 3.05) is 6.61 Å². The van der Waals surface area contributed by atoms with E-state index in [0.29, 0.717) is 0 Å². The third-order valence-corrected chi connectivity index (χ3v) is 8.79. The Balaban J connectivity index is -0.000000765. The molecule has 0 atom stereocenters. The molecule has 0 unspecified atom stereocenters. The van der Waals surface area contributed by atoms with Gasteiger partial charge < -0.3 is 19.7 Å². The molecule has 0 radical (unpaired) electrons. The van der Waals surface area contributed by atoms with Gasteiger partial charge in [-0.1, -0.05) is 30.3 Å². The van der Waals surface area contributed by atoms with Gasteiger partial charge in [0.1, 0.15) is 0 Å². The maximum absolute atomic E-state index is 10.7. The molecule has 0 saturated heterocycles. The van der Waals surface area contributed by atoms with Crippen LogP contribution >= 0.6 is 21.2 Å². The molecule has 3 heterocycles. The van der Waals surface area contributed by atoms with Gasteiger partial charge in [-0.15, -0.1) is 0 Å². The van der Waals surface area contributed by atoms with Crippen LogP contribution in [0.4, 0.5) is 26.3 Å². The molecule has 13 nitrogen and oxygen atoms in total. The quantitative estimate of drug-likeness (QED) is 0.0910.